The Bertz CT molecular complexity index is 342. The van der Waals surface area contributed by atoms with Gasteiger partial charge in [0.25, 0.3) is 6.43 Å². The smallest absolute Gasteiger partial charge is 0.257 e. The fourth-order valence-electron chi connectivity index (χ4n) is 0.974. The molecule has 0 aromatic heterocycles. The molecule has 78 valence electrons. The lowest BCUT2D eigenvalue weighted by Gasteiger charge is -2.13. The van der Waals surface area contributed by atoms with Crippen LogP contribution in [0.15, 0.2) is 12.1 Å². The summed E-state index contributed by atoms with van der Waals surface area (Å²) in [5.41, 5.74) is 4.04. The second kappa shape index (κ2) is 4.14. The van der Waals surface area contributed by atoms with Gasteiger partial charge in [0.05, 0.1) is 11.1 Å². The van der Waals surface area contributed by atoms with Crippen LogP contribution in [0.4, 0.5) is 17.6 Å². The maximum Gasteiger partial charge on any atom is 0.257 e. The van der Waals surface area contributed by atoms with Gasteiger partial charge in [0.1, 0.15) is 11.6 Å². The summed E-state index contributed by atoms with van der Waals surface area (Å²) in [7, 11) is 0. The van der Waals surface area contributed by atoms with Crippen molar-refractivity contribution in [2.75, 3.05) is 0 Å². The molecular formula is C8H6ClF4N. The van der Waals surface area contributed by atoms with Gasteiger partial charge in [-0.25, -0.2) is 17.6 Å². The van der Waals surface area contributed by atoms with Crippen molar-refractivity contribution in [3.63, 3.8) is 0 Å². The van der Waals surface area contributed by atoms with Crippen LogP contribution in [0, 0.1) is 11.6 Å². The normalized spacial score (nSPS) is 13.4. The average Bonchev–Trinajstić information content (AvgIpc) is 2.12. The van der Waals surface area contributed by atoms with Crippen molar-refractivity contribution >= 4 is 11.6 Å². The molecule has 0 aliphatic carbocycles. The summed E-state index contributed by atoms with van der Waals surface area (Å²) >= 11 is 5.29. The third-order valence-electron chi connectivity index (χ3n) is 1.68. The molecule has 0 aliphatic rings. The number of nitrogens with two attached hydrogens (primary N) is 1. The zero-order chi connectivity index (χ0) is 10.9. The quantitative estimate of drug-likeness (QED) is 0.610. The Morgan fingerprint density at radius 3 is 2.29 bits per heavy atom. The lowest BCUT2D eigenvalue weighted by atomic mass is 10.1. The molecule has 1 rings (SSSR count). The van der Waals surface area contributed by atoms with Gasteiger partial charge in [-0.05, 0) is 12.1 Å². The van der Waals surface area contributed by atoms with Gasteiger partial charge in [-0.15, -0.1) is 0 Å². The zero-order valence-corrected chi connectivity index (χ0v) is 7.53. The van der Waals surface area contributed by atoms with Crippen molar-refractivity contribution in [3.8, 4) is 0 Å². The van der Waals surface area contributed by atoms with Crippen LogP contribution in [-0.2, 0) is 0 Å². The predicted molar refractivity (Wildman–Crippen MR) is 44.3 cm³/mol. The van der Waals surface area contributed by atoms with E-state index in [-0.39, 0.29) is 0 Å². The molecule has 1 aromatic rings. The molecule has 0 radical (unpaired) electrons. The first kappa shape index (κ1) is 11.3. The third kappa shape index (κ3) is 1.99. The molecule has 6 heteroatoms. The fraction of sp³-hybridized carbons (Fsp3) is 0.250. The van der Waals surface area contributed by atoms with E-state index in [0.29, 0.717) is 0 Å². The first-order valence-electron chi connectivity index (χ1n) is 3.62. The summed E-state index contributed by atoms with van der Waals surface area (Å²) < 4.78 is 50.2. The Morgan fingerprint density at radius 2 is 1.79 bits per heavy atom. The van der Waals surface area contributed by atoms with Crippen LogP contribution in [0.25, 0.3) is 0 Å². The van der Waals surface area contributed by atoms with E-state index >= 15 is 0 Å². The highest BCUT2D eigenvalue weighted by atomic mass is 35.5. The number of hydrogen-bond acceptors (Lipinski definition) is 1. The molecule has 1 atom stereocenters. The minimum Gasteiger partial charge on any atom is -0.319 e. The number of rotatable bonds is 2. The Hall–Kier alpha value is -0.810. The van der Waals surface area contributed by atoms with Crippen LogP contribution in [0.2, 0.25) is 5.02 Å². The highest BCUT2D eigenvalue weighted by molar-refractivity contribution is 6.30. The highest BCUT2D eigenvalue weighted by Gasteiger charge is 2.25. The van der Waals surface area contributed by atoms with Crippen molar-refractivity contribution in [2.45, 2.75) is 12.5 Å². The Balaban J connectivity index is 3.25. The molecule has 2 N–H and O–H groups in total. The number of alkyl halides is 2. The van der Waals surface area contributed by atoms with Crippen molar-refractivity contribution in [1.82, 2.24) is 0 Å². The van der Waals surface area contributed by atoms with Crippen LogP contribution in [0.3, 0.4) is 0 Å². The maximum atomic E-state index is 13.1. The molecule has 0 saturated heterocycles. The summed E-state index contributed by atoms with van der Waals surface area (Å²) in [5, 5.41) is -0.433. The van der Waals surface area contributed by atoms with E-state index in [1.54, 1.807) is 0 Å². The maximum absolute atomic E-state index is 13.1. The van der Waals surface area contributed by atoms with Crippen LogP contribution >= 0.6 is 11.6 Å². The molecule has 14 heavy (non-hydrogen) atoms. The molecule has 0 heterocycles. The molecule has 1 aromatic carbocycles. The Morgan fingerprint density at radius 1 is 1.21 bits per heavy atom. The molecule has 1 nitrogen and oxygen atoms in total. The van der Waals surface area contributed by atoms with Gasteiger partial charge >= 0.3 is 0 Å². The van der Waals surface area contributed by atoms with Crippen molar-refractivity contribution in [3.05, 3.63) is 34.4 Å². The summed E-state index contributed by atoms with van der Waals surface area (Å²) in [6.45, 7) is 0. The monoisotopic (exact) mass is 227 g/mol. The second-order valence-electron chi connectivity index (χ2n) is 2.62. The second-order valence-corrected chi connectivity index (χ2v) is 3.02. The number of halogens is 5. The van der Waals surface area contributed by atoms with Crippen molar-refractivity contribution in [1.29, 1.82) is 0 Å². The fourth-order valence-corrected chi connectivity index (χ4v) is 1.14. The molecule has 0 spiro atoms. The van der Waals surface area contributed by atoms with Crippen LogP contribution in [0.1, 0.15) is 11.6 Å². The van der Waals surface area contributed by atoms with Gasteiger partial charge in [-0.1, -0.05) is 11.6 Å². The third-order valence-corrected chi connectivity index (χ3v) is 1.98. The van der Waals surface area contributed by atoms with Gasteiger partial charge in [-0.3, -0.25) is 0 Å². The van der Waals surface area contributed by atoms with Crippen molar-refractivity contribution in [2.24, 2.45) is 5.73 Å². The van der Waals surface area contributed by atoms with E-state index in [0.717, 1.165) is 12.1 Å². The Kier molecular flexibility index (Phi) is 3.34. The Labute approximate surface area is 82.5 Å². The highest BCUT2D eigenvalue weighted by Crippen LogP contribution is 2.28. The van der Waals surface area contributed by atoms with Crippen LogP contribution in [-0.4, -0.2) is 6.43 Å². The predicted octanol–water partition coefficient (Wildman–Crippen LogP) is 2.88. The van der Waals surface area contributed by atoms with Crippen LogP contribution in [0.5, 0.6) is 0 Å². The number of hydrogen-bond donors (Lipinski definition) is 1. The SMILES string of the molecule is N[C@H](c1c(F)ccc(Cl)c1F)C(F)F. The van der Waals surface area contributed by atoms with Gasteiger partial charge in [0.15, 0.2) is 0 Å². The van der Waals surface area contributed by atoms with E-state index in [4.69, 9.17) is 17.3 Å². The largest absolute Gasteiger partial charge is 0.319 e. The minimum atomic E-state index is -3.04. The summed E-state index contributed by atoms with van der Waals surface area (Å²) in [6.07, 6.45) is -3.04. The molecule has 0 fully saturated rings. The molecule has 0 aliphatic heterocycles. The van der Waals surface area contributed by atoms with E-state index < -0.39 is 34.7 Å². The molecule has 0 saturated carbocycles. The van der Waals surface area contributed by atoms with E-state index in [1.165, 1.54) is 0 Å². The summed E-state index contributed by atoms with van der Waals surface area (Å²) in [5.74, 6) is -2.36. The lowest BCUT2D eigenvalue weighted by molar-refractivity contribution is 0.113. The van der Waals surface area contributed by atoms with E-state index in [9.17, 15) is 17.6 Å². The standard InChI is InChI=1S/C8H6ClF4N/c9-3-1-2-4(10)5(6(3)11)7(14)8(12)13/h1-2,7-8H,14H2/t7-/m1/s1. The lowest BCUT2D eigenvalue weighted by Crippen LogP contribution is -2.21. The topological polar surface area (TPSA) is 26.0 Å². The number of benzene rings is 1. The van der Waals surface area contributed by atoms with Gasteiger partial charge < -0.3 is 5.73 Å². The molecule has 0 amide bonds. The van der Waals surface area contributed by atoms with Gasteiger partial charge in [0, 0.05) is 5.56 Å². The minimum absolute atomic E-state index is 0.433. The first-order chi connectivity index (χ1) is 6.45. The van der Waals surface area contributed by atoms with Crippen LogP contribution < -0.4 is 5.73 Å². The summed E-state index contributed by atoms with van der Waals surface area (Å²) in [6, 6.07) is -0.273. The molecule has 0 unspecified atom stereocenters. The summed E-state index contributed by atoms with van der Waals surface area (Å²) in [4.78, 5) is 0. The van der Waals surface area contributed by atoms with Gasteiger partial charge in [-0.2, -0.15) is 0 Å². The van der Waals surface area contributed by atoms with E-state index in [1.807, 2.05) is 0 Å². The molecular weight excluding hydrogens is 222 g/mol. The van der Waals surface area contributed by atoms with Crippen molar-refractivity contribution < 1.29 is 17.6 Å². The molecule has 0 bridgehead atoms. The zero-order valence-electron chi connectivity index (χ0n) is 6.78. The first-order valence-corrected chi connectivity index (χ1v) is 4.00. The van der Waals surface area contributed by atoms with Gasteiger partial charge in [0.2, 0.25) is 0 Å². The van der Waals surface area contributed by atoms with E-state index in [2.05, 4.69) is 0 Å². The average molecular weight is 228 g/mol.